The Morgan fingerprint density at radius 2 is 2.00 bits per heavy atom. The lowest BCUT2D eigenvalue weighted by Crippen LogP contribution is -2.55. The van der Waals surface area contributed by atoms with E-state index in [9.17, 15) is 10.1 Å². The molecule has 1 fully saturated rings. The summed E-state index contributed by atoms with van der Waals surface area (Å²) in [5, 5.41) is 12.0. The van der Waals surface area contributed by atoms with Crippen molar-refractivity contribution in [3.63, 3.8) is 0 Å². The Morgan fingerprint density at radius 3 is 2.39 bits per heavy atom. The van der Waals surface area contributed by atoms with Gasteiger partial charge in [0.1, 0.15) is 11.1 Å². The van der Waals surface area contributed by atoms with Gasteiger partial charge in [-0.05, 0) is 40.2 Å². The van der Waals surface area contributed by atoms with Gasteiger partial charge in [0.05, 0.1) is 6.07 Å². The molecule has 0 unspecified atom stereocenters. The number of alkyl carbamates (subject to hydrolysis) is 1. The molecule has 0 spiro atoms. The van der Waals surface area contributed by atoms with Crippen LogP contribution in [0.2, 0.25) is 0 Å². The summed E-state index contributed by atoms with van der Waals surface area (Å²) in [7, 11) is 0. The van der Waals surface area contributed by atoms with Crippen molar-refractivity contribution in [3.8, 4) is 6.07 Å². The molecule has 1 rings (SSSR count). The zero-order valence-corrected chi connectivity index (χ0v) is 11.7. The lowest BCUT2D eigenvalue weighted by atomic mass is 9.89. The Bertz CT molecular complexity index is 333. The molecule has 1 aliphatic heterocycles. The molecule has 0 saturated carbocycles. The first-order valence-electron chi connectivity index (χ1n) is 6.45. The van der Waals surface area contributed by atoms with E-state index in [0.29, 0.717) is 12.8 Å². The molecule has 0 aliphatic carbocycles. The van der Waals surface area contributed by atoms with E-state index in [1.165, 1.54) is 0 Å². The Balaban J connectivity index is 2.58. The quantitative estimate of drug-likeness (QED) is 0.816. The topological polar surface area (TPSA) is 65.4 Å². The van der Waals surface area contributed by atoms with Gasteiger partial charge in [-0.2, -0.15) is 5.26 Å². The molecule has 1 amide bonds. The summed E-state index contributed by atoms with van der Waals surface area (Å²) in [5.41, 5.74) is -1.31. The van der Waals surface area contributed by atoms with Gasteiger partial charge in [-0.1, -0.05) is 6.92 Å². The van der Waals surface area contributed by atoms with Gasteiger partial charge in [0, 0.05) is 13.1 Å². The Morgan fingerprint density at radius 1 is 1.44 bits per heavy atom. The maximum Gasteiger partial charge on any atom is 0.408 e. The molecule has 18 heavy (non-hydrogen) atoms. The molecule has 1 heterocycles. The van der Waals surface area contributed by atoms with Crippen molar-refractivity contribution < 1.29 is 9.53 Å². The van der Waals surface area contributed by atoms with Crippen LogP contribution in [0, 0.1) is 11.3 Å². The van der Waals surface area contributed by atoms with Crippen LogP contribution < -0.4 is 5.32 Å². The Labute approximate surface area is 109 Å². The normalized spacial score (nSPS) is 19.9. The zero-order chi connectivity index (χ0) is 13.8. The number of rotatable bonds is 2. The number of nitriles is 1. The molecular weight excluding hydrogens is 230 g/mol. The molecule has 0 aromatic rings. The fourth-order valence-electron chi connectivity index (χ4n) is 2.01. The number of amides is 1. The van der Waals surface area contributed by atoms with Crippen molar-refractivity contribution in [2.24, 2.45) is 0 Å². The third-order valence-electron chi connectivity index (χ3n) is 3.11. The van der Waals surface area contributed by atoms with Crippen molar-refractivity contribution in [3.05, 3.63) is 0 Å². The number of carbonyl (C=O) groups excluding carboxylic acids is 1. The lowest BCUT2D eigenvalue weighted by molar-refractivity contribution is 0.0439. The third-order valence-corrected chi connectivity index (χ3v) is 3.11. The standard InChI is InChI=1S/C13H23N3O2/c1-5-16-8-6-13(10-14,7-9-16)15-11(17)18-12(2,3)4/h5-9H2,1-4H3,(H,15,17). The largest absolute Gasteiger partial charge is 0.444 e. The van der Waals surface area contributed by atoms with Gasteiger partial charge in [0.2, 0.25) is 0 Å². The Kier molecular flexibility index (Phi) is 4.58. The summed E-state index contributed by atoms with van der Waals surface area (Å²) in [5.74, 6) is 0. The smallest absolute Gasteiger partial charge is 0.408 e. The number of likely N-dealkylation sites (tertiary alicyclic amines) is 1. The summed E-state index contributed by atoms with van der Waals surface area (Å²) in [6.07, 6.45) is 0.793. The van der Waals surface area contributed by atoms with E-state index in [1.807, 2.05) is 20.8 Å². The van der Waals surface area contributed by atoms with E-state index in [2.05, 4.69) is 23.2 Å². The molecule has 0 bridgehead atoms. The number of nitrogens with zero attached hydrogens (tertiary/aromatic N) is 2. The minimum atomic E-state index is -0.770. The number of hydrogen-bond donors (Lipinski definition) is 1. The van der Waals surface area contributed by atoms with Crippen LogP contribution in [0.3, 0.4) is 0 Å². The van der Waals surface area contributed by atoms with Crippen molar-refractivity contribution in [2.45, 2.75) is 51.7 Å². The first kappa shape index (κ1) is 14.8. The number of ether oxygens (including phenoxy) is 1. The van der Waals surface area contributed by atoms with Crippen LogP contribution in [0.5, 0.6) is 0 Å². The van der Waals surface area contributed by atoms with Crippen LogP contribution in [0.4, 0.5) is 4.79 Å². The fraction of sp³-hybridized carbons (Fsp3) is 0.846. The molecule has 0 aromatic carbocycles. The second-order valence-corrected chi connectivity index (χ2v) is 5.76. The third kappa shape index (κ3) is 4.19. The molecule has 5 nitrogen and oxygen atoms in total. The van der Waals surface area contributed by atoms with Crippen molar-refractivity contribution >= 4 is 6.09 Å². The van der Waals surface area contributed by atoms with Crippen LogP contribution in [0.25, 0.3) is 0 Å². The Hall–Kier alpha value is -1.28. The van der Waals surface area contributed by atoms with E-state index in [0.717, 1.165) is 19.6 Å². The maximum atomic E-state index is 11.7. The van der Waals surface area contributed by atoms with Gasteiger partial charge in [-0.3, -0.25) is 0 Å². The SMILES string of the molecule is CCN1CCC(C#N)(NC(=O)OC(C)(C)C)CC1. The molecule has 5 heteroatoms. The van der Waals surface area contributed by atoms with Gasteiger partial charge in [0.25, 0.3) is 0 Å². The highest BCUT2D eigenvalue weighted by Gasteiger charge is 2.37. The average Bonchev–Trinajstić information content (AvgIpc) is 2.27. The molecule has 0 radical (unpaired) electrons. The molecule has 1 saturated heterocycles. The van der Waals surface area contributed by atoms with Crippen LogP contribution in [-0.4, -0.2) is 41.8 Å². The highest BCUT2D eigenvalue weighted by Crippen LogP contribution is 2.22. The predicted octanol–water partition coefficient (Wildman–Crippen LogP) is 1.89. The molecule has 1 N–H and O–H groups in total. The highest BCUT2D eigenvalue weighted by molar-refractivity contribution is 5.69. The van der Waals surface area contributed by atoms with Crippen molar-refractivity contribution in [2.75, 3.05) is 19.6 Å². The van der Waals surface area contributed by atoms with Crippen LogP contribution in [-0.2, 0) is 4.74 Å². The van der Waals surface area contributed by atoms with Gasteiger partial charge < -0.3 is 15.0 Å². The summed E-state index contributed by atoms with van der Waals surface area (Å²) >= 11 is 0. The van der Waals surface area contributed by atoms with E-state index in [-0.39, 0.29) is 0 Å². The summed E-state index contributed by atoms with van der Waals surface area (Å²) < 4.78 is 5.21. The number of carbonyl (C=O) groups is 1. The van der Waals surface area contributed by atoms with Crippen LogP contribution in [0.1, 0.15) is 40.5 Å². The minimum absolute atomic E-state index is 0.506. The highest BCUT2D eigenvalue weighted by atomic mass is 16.6. The van der Waals surface area contributed by atoms with E-state index >= 15 is 0 Å². The van der Waals surface area contributed by atoms with Gasteiger partial charge in [0.15, 0.2) is 0 Å². The fourth-order valence-corrected chi connectivity index (χ4v) is 2.01. The van der Waals surface area contributed by atoms with E-state index in [1.54, 1.807) is 0 Å². The maximum absolute atomic E-state index is 11.7. The number of piperidine rings is 1. The number of hydrogen-bond acceptors (Lipinski definition) is 4. The summed E-state index contributed by atoms with van der Waals surface area (Å²) in [4.78, 5) is 14.0. The first-order valence-corrected chi connectivity index (χ1v) is 6.45. The zero-order valence-electron chi connectivity index (χ0n) is 11.7. The summed E-state index contributed by atoms with van der Waals surface area (Å²) in [6, 6.07) is 2.24. The predicted molar refractivity (Wildman–Crippen MR) is 69.1 cm³/mol. The first-order chi connectivity index (χ1) is 8.30. The summed E-state index contributed by atoms with van der Waals surface area (Å²) in [6.45, 7) is 10.2. The molecule has 0 aromatic heterocycles. The molecule has 102 valence electrons. The van der Waals surface area contributed by atoms with Crippen molar-refractivity contribution in [1.82, 2.24) is 10.2 Å². The van der Waals surface area contributed by atoms with Gasteiger partial charge in [-0.25, -0.2) is 4.79 Å². The second kappa shape index (κ2) is 5.57. The van der Waals surface area contributed by atoms with Gasteiger partial charge >= 0.3 is 6.09 Å². The average molecular weight is 253 g/mol. The monoisotopic (exact) mass is 253 g/mol. The molecule has 1 aliphatic rings. The van der Waals surface area contributed by atoms with Crippen molar-refractivity contribution in [1.29, 1.82) is 5.26 Å². The van der Waals surface area contributed by atoms with Gasteiger partial charge in [-0.15, -0.1) is 0 Å². The van der Waals surface area contributed by atoms with Crippen LogP contribution in [0.15, 0.2) is 0 Å². The van der Waals surface area contributed by atoms with E-state index < -0.39 is 17.2 Å². The second-order valence-electron chi connectivity index (χ2n) is 5.76. The molecule has 0 atom stereocenters. The van der Waals surface area contributed by atoms with Crippen LogP contribution >= 0.6 is 0 Å². The molecular formula is C13H23N3O2. The minimum Gasteiger partial charge on any atom is -0.444 e. The van der Waals surface area contributed by atoms with E-state index in [4.69, 9.17) is 4.74 Å². The lowest BCUT2D eigenvalue weighted by Gasteiger charge is -2.37. The number of nitrogens with one attached hydrogen (secondary N) is 1.